The number of nitrogens with zero attached hydrogens (tertiary/aromatic N) is 5. The molecule has 136 valence electrons. The molecular formula is C18H22N6O2. The fourth-order valence-electron chi connectivity index (χ4n) is 2.64. The van der Waals surface area contributed by atoms with E-state index in [0.717, 1.165) is 12.2 Å². The highest BCUT2D eigenvalue weighted by Gasteiger charge is 2.14. The van der Waals surface area contributed by atoms with Crippen molar-refractivity contribution >= 4 is 23.1 Å². The van der Waals surface area contributed by atoms with Gasteiger partial charge in [0.05, 0.1) is 13.7 Å². The number of hydrogen-bond donors (Lipinski definition) is 1. The van der Waals surface area contributed by atoms with Crippen molar-refractivity contribution < 1.29 is 9.53 Å². The molecule has 8 heteroatoms. The molecule has 0 spiro atoms. The number of ether oxygens (including phenoxy) is 1. The van der Waals surface area contributed by atoms with Crippen LogP contribution in [0.1, 0.15) is 19.7 Å². The first-order chi connectivity index (χ1) is 12.6. The average Bonchev–Trinajstić information content (AvgIpc) is 3.08. The molecule has 2 heterocycles. The van der Waals surface area contributed by atoms with E-state index in [9.17, 15) is 4.79 Å². The molecule has 0 radical (unpaired) electrons. The van der Waals surface area contributed by atoms with Gasteiger partial charge in [-0.2, -0.15) is 4.52 Å². The molecule has 0 saturated heterocycles. The lowest BCUT2D eigenvalue weighted by molar-refractivity contribution is -0.115. The number of benzene rings is 1. The van der Waals surface area contributed by atoms with Crippen LogP contribution >= 0.6 is 0 Å². The molecule has 0 saturated carbocycles. The van der Waals surface area contributed by atoms with Gasteiger partial charge in [0.25, 0.3) is 0 Å². The number of anilines is 2. The smallest absolute Gasteiger partial charge is 0.243 e. The van der Waals surface area contributed by atoms with Crippen LogP contribution in [0.2, 0.25) is 0 Å². The molecule has 0 fully saturated rings. The topological polar surface area (TPSA) is 84.7 Å². The summed E-state index contributed by atoms with van der Waals surface area (Å²) in [7, 11) is 1.59. The number of carbonyl (C=O) groups excluding carboxylic acids is 1. The van der Waals surface area contributed by atoms with E-state index in [-0.39, 0.29) is 12.5 Å². The zero-order valence-electron chi connectivity index (χ0n) is 15.1. The maximum Gasteiger partial charge on any atom is 0.243 e. The third-order valence-electron chi connectivity index (χ3n) is 4.02. The molecular weight excluding hydrogens is 332 g/mol. The van der Waals surface area contributed by atoms with Crippen LogP contribution < -0.4 is 15.0 Å². The van der Waals surface area contributed by atoms with Gasteiger partial charge in [0.1, 0.15) is 11.6 Å². The first-order valence-electron chi connectivity index (χ1n) is 8.54. The second-order valence-corrected chi connectivity index (χ2v) is 5.73. The Hall–Kier alpha value is -3.16. The molecule has 26 heavy (non-hydrogen) atoms. The fraction of sp³-hybridized carbons (Fsp3) is 0.333. The summed E-state index contributed by atoms with van der Waals surface area (Å²) < 4.78 is 6.90. The normalized spacial score (nSPS) is 10.7. The monoisotopic (exact) mass is 354 g/mol. The third kappa shape index (κ3) is 3.74. The molecule has 3 aromatic rings. The van der Waals surface area contributed by atoms with Crippen LogP contribution in [0.5, 0.6) is 5.75 Å². The van der Waals surface area contributed by atoms with Crippen molar-refractivity contribution in [2.24, 2.45) is 0 Å². The lowest BCUT2D eigenvalue weighted by Crippen LogP contribution is -2.34. The maximum absolute atomic E-state index is 12.4. The Kier molecular flexibility index (Phi) is 5.31. The van der Waals surface area contributed by atoms with Gasteiger partial charge in [-0.3, -0.25) is 4.79 Å². The quantitative estimate of drug-likeness (QED) is 0.700. The Balaban J connectivity index is 1.75. The standard InChI is InChI=1S/C18H22N6O2/c1-4-15-20-21-16-9-10-17(22-24(15)16)23(5-2)12-18(25)19-13-7-6-8-14(11-13)26-3/h6-11H,4-5,12H2,1-3H3,(H,19,25). The number of likely N-dealkylation sites (N-methyl/N-ethyl adjacent to an activating group) is 1. The van der Waals surface area contributed by atoms with Crippen LogP contribution in [-0.2, 0) is 11.2 Å². The molecule has 3 rings (SSSR count). The molecule has 0 aliphatic carbocycles. The van der Waals surface area contributed by atoms with E-state index in [0.29, 0.717) is 29.4 Å². The minimum absolute atomic E-state index is 0.124. The van der Waals surface area contributed by atoms with Crippen molar-refractivity contribution in [2.75, 3.05) is 30.4 Å². The number of carbonyl (C=O) groups is 1. The second-order valence-electron chi connectivity index (χ2n) is 5.73. The van der Waals surface area contributed by atoms with Gasteiger partial charge in [0.15, 0.2) is 11.5 Å². The van der Waals surface area contributed by atoms with E-state index in [1.165, 1.54) is 0 Å². The third-order valence-corrected chi connectivity index (χ3v) is 4.02. The van der Waals surface area contributed by atoms with E-state index in [2.05, 4.69) is 20.6 Å². The number of fused-ring (bicyclic) bond motifs is 1. The van der Waals surface area contributed by atoms with Crippen LogP contribution in [0.3, 0.4) is 0 Å². The second kappa shape index (κ2) is 7.81. The Labute approximate surface area is 151 Å². The van der Waals surface area contributed by atoms with Crippen LogP contribution in [0.15, 0.2) is 36.4 Å². The van der Waals surface area contributed by atoms with Crippen molar-refractivity contribution in [1.29, 1.82) is 0 Å². The summed E-state index contributed by atoms with van der Waals surface area (Å²) in [5, 5.41) is 15.7. The van der Waals surface area contributed by atoms with E-state index in [1.807, 2.05) is 49.1 Å². The highest BCUT2D eigenvalue weighted by atomic mass is 16.5. The van der Waals surface area contributed by atoms with Crippen molar-refractivity contribution in [3.8, 4) is 5.75 Å². The highest BCUT2D eigenvalue weighted by Crippen LogP contribution is 2.17. The molecule has 0 bridgehead atoms. The first-order valence-corrected chi connectivity index (χ1v) is 8.54. The summed E-state index contributed by atoms with van der Waals surface area (Å²) in [5.41, 5.74) is 1.39. The number of amides is 1. The van der Waals surface area contributed by atoms with Crippen molar-refractivity contribution in [2.45, 2.75) is 20.3 Å². The first kappa shape index (κ1) is 17.7. The molecule has 2 aromatic heterocycles. The van der Waals surface area contributed by atoms with Crippen LogP contribution in [0.4, 0.5) is 11.5 Å². The Morgan fingerprint density at radius 3 is 2.81 bits per heavy atom. The minimum atomic E-state index is -0.124. The maximum atomic E-state index is 12.4. The Morgan fingerprint density at radius 1 is 1.23 bits per heavy atom. The van der Waals surface area contributed by atoms with E-state index in [1.54, 1.807) is 17.7 Å². The molecule has 0 unspecified atom stereocenters. The molecule has 1 N–H and O–H groups in total. The van der Waals surface area contributed by atoms with Crippen molar-refractivity contribution in [3.63, 3.8) is 0 Å². The predicted molar refractivity (Wildman–Crippen MR) is 99.7 cm³/mol. The van der Waals surface area contributed by atoms with Crippen molar-refractivity contribution in [3.05, 3.63) is 42.2 Å². The minimum Gasteiger partial charge on any atom is -0.497 e. The molecule has 0 aliphatic heterocycles. The summed E-state index contributed by atoms with van der Waals surface area (Å²) in [5.74, 6) is 2.07. The van der Waals surface area contributed by atoms with Gasteiger partial charge in [0.2, 0.25) is 5.91 Å². The number of nitrogens with one attached hydrogen (secondary N) is 1. The molecule has 1 aromatic carbocycles. The lowest BCUT2D eigenvalue weighted by atomic mass is 10.3. The SMILES string of the molecule is CCc1nnc2ccc(N(CC)CC(=O)Nc3cccc(OC)c3)nn12. The molecule has 1 amide bonds. The number of aryl methyl sites for hydroxylation is 1. The summed E-state index contributed by atoms with van der Waals surface area (Å²) in [6.07, 6.45) is 0.736. The number of methoxy groups -OCH3 is 1. The average molecular weight is 354 g/mol. The van der Waals surface area contributed by atoms with Gasteiger partial charge < -0.3 is 15.0 Å². The van der Waals surface area contributed by atoms with Crippen molar-refractivity contribution in [1.82, 2.24) is 19.8 Å². The number of rotatable bonds is 7. The summed E-state index contributed by atoms with van der Waals surface area (Å²) >= 11 is 0. The van der Waals surface area contributed by atoms with E-state index in [4.69, 9.17) is 4.74 Å². The predicted octanol–water partition coefficient (Wildman–Crippen LogP) is 2.16. The van der Waals surface area contributed by atoms with Gasteiger partial charge in [0, 0.05) is 24.7 Å². The van der Waals surface area contributed by atoms with Gasteiger partial charge in [-0.05, 0) is 31.2 Å². The summed E-state index contributed by atoms with van der Waals surface area (Å²) in [4.78, 5) is 14.3. The molecule has 0 aliphatic rings. The Morgan fingerprint density at radius 2 is 2.08 bits per heavy atom. The molecule has 8 nitrogen and oxygen atoms in total. The number of hydrogen-bond acceptors (Lipinski definition) is 6. The zero-order valence-corrected chi connectivity index (χ0v) is 15.1. The van der Waals surface area contributed by atoms with Crippen LogP contribution in [0, 0.1) is 0 Å². The largest absolute Gasteiger partial charge is 0.497 e. The highest BCUT2D eigenvalue weighted by molar-refractivity contribution is 5.94. The molecule has 0 atom stereocenters. The van der Waals surface area contributed by atoms with Crippen LogP contribution in [-0.4, -0.2) is 45.9 Å². The zero-order chi connectivity index (χ0) is 18.5. The van der Waals surface area contributed by atoms with E-state index >= 15 is 0 Å². The van der Waals surface area contributed by atoms with Gasteiger partial charge >= 0.3 is 0 Å². The van der Waals surface area contributed by atoms with E-state index < -0.39 is 0 Å². The lowest BCUT2D eigenvalue weighted by Gasteiger charge is -2.21. The summed E-state index contributed by atoms with van der Waals surface area (Å²) in [6.45, 7) is 4.82. The fourth-order valence-corrected chi connectivity index (χ4v) is 2.64. The summed E-state index contributed by atoms with van der Waals surface area (Å²) in [6, 6.07) is 11.0. The van der Waals surface area contributed by atoms with Gasteiger partial charge in [-0.15, -0.1) is 15.3 Å². The van der Waals surface area contributed by atoms with Crippen LogP contribution in [0.25, 0.3) is 5.65 Å². The number of aromatic nitrogens is 4. The van der Waals surface area contributed by atoms with Gasteiger partial charge in [-0.25, -0.2) is 0 Å². The van der Waals surface area contributed by atoms with Gasteiger partial charge in [-0.1, -0.05) is 13.0 Å². The Bertz CT molecular complexity index is 908.